The number of amides is 1. The van der Waals surface area contributed by atoms with Crippen LogP contribution in [0.25, 0.3) is 0 Å². The predicted octanol–water partition coefficient (Wildman–Crippen LogP) is 3.98. The number of methoxy groups -OCH3 is 2. The highest BCUT2D eigenvalue weighted by Gasteiger charge is 2.36. The molecule has 0 radical (unpaired) electrons. The fourth-order valence-electron chi connectivity index (χ4n) is 4.20. The maximum atomic E-state index is 13.7. The van der Waals surface area contributed by atoms with Gasteiger partial charge in [-0.2, -0.15) is 4.31 Å². The smallest absolute Gasteiger partial charge is 0.414 e. The number of hydrogen-bond acceptors (Lipinski definition) is 7. The molecule has 0 aliphatic carbocycles. The van der Waals surface area contributed by atoms with E-state index in [1.54, 1.807) is 24.3 Å². The number of benzene rings is 2. The number of ether oxygens (including phenoxy) is 2. The molecular weight excluding hydrogens is 506 g/mol. The van der Waals surface area contributed by atoms with Gasteiger partial charge in [0.25, 0.3) is 0 Å². The van der Waals surface area contributed by atoms with Gasteiger partial charge in [-0.15, -0.1) is 0 Å². The van der Waals surface area contributed by atoms with Crippen LogP contribution >= 0.6 is 0 Å². The van der Waals surface area contributed by atoms with Gasteiger partial charge in [0.05, 0.1) is 36.9 Å². The van der Waals surface area contributed by atoms with E-state index in [1.807, 2.05) is 44.2 Å². The zero-order valence-corrected chi connectivity index (χ0v) is 22.9. The summed E-state index contributed by atoms with van der Waals surface area (Å²) in [5.41, 5.74) is 1.34. The molecule has 204 valence electrons. The van der Waals surface area contributed by atoms with Crippen molar-refractivity contribution in [2.75, 3.05) is 32.2 Å². The average Bonchev–Trinajstić information content (AvgIpc) is 2.93. The topological polar surface area (TPSA) is 109 Å². The summed E-state index contributed by atoms with van der Waals surface area (Å²) >= 11 is 0. The molecule has 0 bridgehead atoms. The molecule has 0 saturated carbocycles. The summed E-state index contributed by atoms with van der Waals surface area (Å²) in [4.78, 5) is 18.5. The van der Waals surface area contributed by atoms with E-state index in [-0.39, 0.29) is 30.3 Å². The Morgan fingerprint density at radius 2 is 1.58 bits per heavy atom. The van der Waals surface area contributed by atoms with Crippen molar-refractivity contribution in [2.24, 2.45) is 5.92 Å². The van der Waals surface area contributed by atoms with Gasteiger partial charge in [0.2, 0.25) is 10.0 Å². The van der Waals surface area contributed by atoms with Crippen LogP contribution in [0, 0.1) is 5.92 Å². The molecule has 1 N–H and O–H groups in total. The van der Waals surface area contributed by atoms with Gasteiger partial charge in [0, 0.05) is 25.5 Å². The van der Waals surface area contributed by atoms with Crippen LogP contribution in [0.4, 0.5) is 10.5 Å². The molecule has 1 unspecified atom stereocenters. The minimum absolute atomic E-state index is 0.0142. The maximum absolute atomic E-state index is 13.7. The predicted molar refractivity (Wildman–Crippen MR) is 146 cm³/mol. The first-order chi connectivity index (χ1) is 18.2. The highest BCUT2D eigenvalue weighted by atomic mass is 32.2. The van der Waals surface area contributed by atoms with E-state index in [0.29, 0.717) is 11.4 Å². The molecule has 2 aromatic carbocycles. The van der Waals surface area contributed by atoms with Crippen LogP contribution in [0.1, 0.15) is 19.4 Å². The number of carbonyl (C=O) groups is 1. The quantitative estimate of drug-likeness (QED) is 0.369. The average molecular weight is 542 g/mol. The third-order valence-corrected chi connectivity index (χ3v) is 7.88. The number of aliphatic hydroxyl groups excluding tert-OH is 1. The number of sulfonamides is 1. The molecule has 1 aromatic heterocycles. The summed E-state index contributed by atoms with van der Waals surface area (Å²) in [6.45, 7) is 3.75. The first-order valence-electron chi connectivity index (χ1n) is 12.3. The minimum atomic E-state index is -3.97. The third kappa shape index (κ3) is 7.31. The van der Waals surface area contributed by atoms with Crippen molar-refractivity contribution in [2.45, 2.75) is 37.3 Å². The van der Waals surface area contributed by atoms with Crippen LogP contribution in [0.5, 0.6) is 5.75 Å². The van der Waals surface area contributed by atoms with Crippen molar-refractivity contribution in [1.82, 2.24) is 9.29 Å². The molecule has 10 heteroatoms. The fourth-order valence-corrected chi connectivity index (χ4v) is 5.82. The Morgan fingerprint density at radius 3 is 2.13 bits per heavy atom. The maximum Gasteiger partial charge on any atom is 0.414 e. The number of aliphatic hydroxyl groups is 1. The molecular formula is C28H35N3O6S. The van der Waals surface area contributed by atoms with Crippen LogP contribution in [0.15, 0.2) is 84.0 Å². The summed E-state index contributed by atoms with van der Waals surface area (Å²) < 4.78 is 38.9. The number of anilines is 1. The van der Waals surface area contributed by atoms with E-state index in [2.05, 4.69) is 4.98 Å². The molecule has 9 nitrogen and oxygen atoms in total. The Hall–Kier alpha value is -3.47. The molecule has 0 aliphatic heterocycles. The van der Waals surface area contributed by atoms with Crippen molar-refractivity contribution in [3.05, 3.63) is 84.7 Å². The Kier molecular flexibility index (Phi) is 10.2. The Labute approximate surface area is 224 Å². The van der Waals surface area contributed by atoms with E-state index in [1.165, 1.54) is 48.0 Å². The number of carbonyl (C=O) groups excluding carboxylic acids is 1. The minimum Gasteiger partial charge on any atom is -0.497 e. The van der Waals surface area contributed by atoms with Crippen molar-refractivity contribution in [3.8, 4) is 5.75 Å². The lowest BCUT2D eigenvalue weighted by atomic mass is 9.99. The lowest BCUT2D eigenvalue weighted by Gasteiger charge is -2.36. The van der Waals surface area contributed by atoms with E-state index < -0.39 is 28.3 Å². The van der Waals surface area contributed by atoms with Gasteiger partial charge < -0.3 is 14.6 Å². The molecule has 0 fully saturated rings. The highest BCUT2D eigenvalue weighted by Crippen LogP contribution is 2.25. The van der Waals surface area contributed by atoms with Gasteiger partial charge >= 0.3 is 6.09 Å². The second-order valence-electron chi connectivity index (χ2n) is 9.26. The van der Waals surface area contributed by atoms with Gasteiger partial charge in [-0.25, -0.2) is 13.2 Å². The Morgan fingerprint density at radius 1 is 0.947 bits per heavy atom. The van der Waals surface area contributed by atoms with Crippen LogP contribution in [0.2, 0.25) is 0 Å². The van der Waals surface area contributed by atoms with Crippen molar-refractivity contribution >= 4 is 21.8 Å². The van der Waals surface area contributed by atoms with Gasteiger partial charge in [-0.3, -0.25) is 9.88 Å². The van der Waals surface area contributed by atoms with Gasteiger partial charge in [0.15, 0.2) is 0 Å². The van der Waals surface area contributed by atoms with Crippen LogP contribution < -0.4 is 9.64 Å². The molecule has 38 heavy (non-hydrogen) atoms. The van der Waals surface area contributed by atoms with E-state index >= 15 is 0 Å². The highest BCUT2D eigenvalue weighted by molar-refractivity contribution is 7.89. The SMILES string of the molecule is COC(=O)N(c1ccncc1)C(Cc1ccccc1)[C@@H](O)CN(CC(C)C)S(=O)(=O)c1ccc(OC)cc1. The van der Waals surface area contributed by atoms with Gasteiger partial charge in [0.1, 0.15) is 5.75 Å². The lowest BCUT2D eigenvalue weighted by molar-refractivity contribution is 0.106. The number of hydrogen-bond donors (Lipinski definition) is 1. The van der Waals surface area contributed by atoms with Crippen molar-refractivity contribution in [3.63, 3.8) is 0 Å². The number of nitrogens with zero attached hydrogens (tertiary/aromatic N) is 3. The second-order valence-corrected chi connectivity index (χ2v) is 11.2. The summed E-state index contributed by atoms with van der Waals surface area (Å²) in [6.07, 6.45) is 1.41. The molecule has 2 atom stereocenters. The molecule has 0 spiro atoms. The van der Waals surface area contributed by atoms with E-state index in [0.717, 1.165) is 5.56 Å². The lowest BCUT2D eigenvalue weighted by Crippen LogP contribution is -2.53. The normalized spacial score (nSPS) is 13.2. The monoisotopic (exact) mass is 541 g/mol. The fraction of sp³-hybridized carbons (Fsp3) is 0.357. The molecule has 3 aromatic rings. The Bertz CT molecular complexity index is 1250. The zero-order valence-electron chi connectivity index (χ0n) is 22.1. The van der Waals surface area contributed by atoms with Crippen molar-refractivity contribution < 1.29 is 27.8 Å². The standard InChI is InChI=1S/C28H35N3O6S/c1-21(2)19-30(38(34,35)25-12-10-24(36-3)11-13-25)20-27(32)26(18-22-8-6-5-7-9-22)31(28(33)37-4)23-14-16-29-17-15-23/h5-17,21,26-27,32H,18-20H2,1-4H3/t26?,27-/m0/s1. The van der Waals surface area contributed by atoms with Gasteiger partial charge in [-0.1, -0.05) is 44.2 Å². The van der Waals surface area contributed by atoms with Crippen LogP contribution in [-0.2, 0) is 21.2 Å². The van der Waals surface area contributed by atoms with Crippen LogP contribution in [-0.4, -0.2) is 68.4 Å². The zero-order chi connectivity index (χ0) is 27.7. The summed E-state index contributed by atoms with van der Waals surface area (Å²) in [6, 6.07) is 18.0. The summed E-state index contributed by atoms with van der Waals surface area (Å²) in [5.74, 6) is 0.521. The first kappa shape index (κ1) is 29.1. The van der Waals surface area contributed by atoms with Gasteiger partial charge in [-0.05, 0) is 54.3 Å². The van der Waals surface area contributed by atoms with Crippen LogP contribution in [0.3, 0.4) is 0 Å². The number of aromatic nitrogens is 1. The third-order valence-electron chi connectivity index (χ3n) is 6.03. The molecule has 1 amide bonds. The number of pyridine rings is 1. The largest absolute Gasteiger partial charge is 0.497 e. The second kappa shape index (κ2) is 13.4. The first-order valence-corrected chi connectivity index (χ1v) is 13.7. The number of rotatable bonds is 12. The molecule has 0 saturated heterocycles. The van der Waals surface area contributed by atoms with Crippen molar-refractivity contribution in [1.29, 1.82) is 0 Å². The molecule has 0 aliphatic rings. The summed E-state index contributed by atoms with van der Waals surface area (Å²) in [7, 11) is -1.19. The Balaban J connectivity index is 2.02. The van der Waals surface area contributed by atoms with E-state index in [4.69, 9.17) is 9.47 Å². The van der Waals surface area contributed by atoms with E-state index in [9.17, 15) is 18.3 Å². The molecule has 1 heterocycles. The summed E-state index contributed by atoms with van der Waals surface area (Å²) in [5, 5.41) is 11.6. The molecule has 3 rings (SSSR count).